The third-order valence-corrected chi connectivity index (χ3v) is 4.40. The standard InChI is InChI=1S/C14H25NO2/c1-11-3-2-6-14(15,10-11)13(16)9-12-4-7-17-8-5-12/h11-12H,2-10,15H2,1H3. The minimum Gasteiger partial charge on any atom is -0.381 e. The van der Waals surface area contributed by atoms with Crippen molar-refractivity contribution in [2.45, 2.75) is 57.4 Å². The molecule has 0 amide bonds. The first kappa shape index (κ1) is 13.0. The van der Waals surface area contributed by atoms with Gasteiger partial charge in [-0.1, -0.05) is 19.8 Å². The zero-order chi connectivity index (χ0) is 12.3. The molecule has 0 aromatic carbocycles. The predicted molar refractivity (Wildman–Crippen MR) is 67.7 cm³/mol. The van der Waals surface area contributed by atoms with Crippen LogP contribution in [0.1, 0.15) is 51.9 Å². The van der Waals surface area contributed by atoms with Crippen molar-refractivity contribution in [1.82, 2.24) is 0 Å². The molecule has 0 bridgehead atoms. The minimum atomic E-state index is -0.518. The van der Waals surface area contributed by atoms with E-state index in [4.69, 9.17) is 10.5 Å². The summed E-state index contributed by atoms with van der Waals surface area (Å²) in [5.74, 6) is 1.41. The monoisotopic (exact) mass is 239 g/mol. The number of carbonyl (C=O) groups excluding carboxylic acids is 1. The highest BCUT2D eigenvalue weighted by Gasteiger charge is 2.38. The summed E-state index contributed by atoms with van der Waals surface area (Å²) in [5, 5.41) is 0. The molecule has 2 atom stereocenters. The van der Waals surface area contributed by atoms with Crippen LogP contribution in [0.4, 0.5) is 0 Å². The van der Waals surface area contributed by atoms with E-state index in [0.29, 0.717) is 24.0 Å². The Hall–Kier alpha value is -0.410. The largest absolute Gasteiger partial charge is 0.381 e. The number of carbonyl (C=O) groups is 1. The highest BCUT2D eigenvalue weighted by Crippen LogP contribution is 2.33. The molecule has 98 valence electrons. The van der Waals surface area contributed by atoms with Crippen molar-refractivity contribution in [3.63, 3.8) is 0 Å². The van der Waals surface area contributed by atoms with E-state index in [9.17, 15) is 4.79 Å². The molecule has 2 fully saturated rings. The Kier molecular flexibility index (Phi) is 4.21. The van der Waals surface area contributed by atoms with Crippen molar-refractivity contribution in [2.24, 2.45) is 17.6 Å². The van der Waals surface area contributed by atoms with Crippen LogP contribution in [0.2, 0.25) is 0 Å². The van der Waals surface area contributed by atoms with E-state index in [1.807, 2.05) is 0 Å². The lowest BCUT2D eigenvalue weighted by molar-refractivity contribution is -0.127. The fourth-order valence-corrected chi connectivity index (χ4v) is 3.26. The molecule has 1 heterocycles. The number of hydrogen-bond acceptors (Lipinski definition) is 3. The van der Waals surface area contributed by atoms with Crippen LogP contribution in [-0.4, -0.2) is 24.5 Å². The molecule has 1 saturated carbocycles. The van der Waals surface area contributed by atoms with E-state index in [0.717, 1.165) is 45.3 Å². The zero-order valence-corrected chi connectivity index (χ0v) is 10.9. The lowest BCUT2D eigenvalue weighted by Crippen LogP contribution is -2.51. The van der Waals surface area contributed by atoms with Gasteiger partial charge in [0.2, 0.25) is 0 Å². The van der Waals surface area contributed by atoms with Crippen LogP contribution < -0.4 is 5.73 Å². The summed E-state index contributed by atoms with van der Waals surface area (Å²) in [6, 6.07) is 0. The smallest absolute Gasteiger partial charge is 0.152 e. The second kappa shape index (κ2) is 5.49. The van der Waals surface area contributed by atoms with Gasteiger partial charge >= 0.3 is 0 Å². The van der Waals surface area contributed by atoms with Gasteiger partial charge < -0.3 is 10.5 Å². The molecule has 17 heavy (non-hydrogen) atoms. The fraction of sp³-hybridized carbons (Fsp3) is 0.929. The highest BCUT2D eigenvalue weighted by molar-refractivity contribution is 5.88. The Morgan fingerprint density at radius 1 is 1.35 bits per heavy atom. The molecule has 0 radical (unpaired) electrons. The Balaban J connectivity index is 1.89. The number of Topliss-reactive ketones (excluding diaryl/α,β-unsaturated/α-hetero) is 1. The van der Waals surface area contributed by atoms with Crippen LogP contribution in [0, 0.1) is 11.8 Å². The van der Waals surface area contributed by atoms with Crippen molar-refractivity contribution in [1.29, 1.82) is 0 Å². The molecule has 1 aliphatic carbocycles. The number of ketones is 1. The Morgan fingerprint density at radius 3 is 2.71 bits per heavy atom. The number of rotatable bonds is 3. The van der Waals surface area contributed by atoms with Crippen LogP contribution in [-0.2, 0) is 9.53 Å². The quantitative estimate of drug-likeness (QED) is 0.822. The number of nitrogens with two attached hydrogens (primary N) is 1. The molecule has 2 unspecified atom stereocenters. The molecule has 1 aliphatic heterocycles. The summed E-state index contributed by atoms with van der Waals surface area (Å²) in [7, 11) is 0. The van der Waals surface area contributed by atoms with E-state index in [1.165, 1.54) is 6.42 Å². The molecule has 0 aromatic heterocycles. The number of hydrogen-bond donors (Lipinski definition) is 1. The van der Waals surface area contributed by atoms with Gasteiger partial charge in [-0.05, 0) is 37.5 Å². The summed E-state index contributed by atoms with van der Waals surface area (Å²) >= 11 is 0. The van der Waals surface area contributed by atoms with Gasteiger partial charge in [0.1, 0.15) is 0 Å². The van der Waals surface area contributed by atoms with Crippen LogP contribution in [0.15, 0.2) is 0 Å². The van der Waals surface area contributed by atoms with Gasteiger partial charge in [0.15, 0.2) is 5.78 Å². The average molecular weight is 239 g/mol. The highest BCUT2D eigenvalue weighted by atomic mass is 16.5. The van der Waals surface area contributed by atoms with Gasteiger partial charge in [0.05, 0.1) is 5.54 Å². The second-order valence-electron chi connectivity index (χ2n) is 6.04. The third kappa shape index (κ3) is 3.29. The maximum absolute atomic E-state index is 12.4. The van der Waals surface area contributed by atoms with E-state index in [-0.39, 0.29) is 0 Å². The zero-order valence-electron chi connectivity index (χ0n) is 10.9. The van der Waals surface area contributed by atoms with Crippen molar-refractivity contribution in [3.8, 4) is 0 Å². The summed E-state index contributed by atoms with van der Waals surface area (Å²) < 4.78 is 5.33. The van der Waals surface area contributed by atoms with Gasteiger partial charge in [0.25, 0.3) is 0 Å². The van der Waals surface area contributed by atoms with Crippen molar-refractivity contribution >= 4 is 5.78 Å². The van der Waals surface area contributed by atoms with E-state index >= 15 is 0 Å². The van der Waals surface area contributed by atoms with Crippen LogP contribution in [0.25, 0.3) is 0 Å². The normalized spacial score (nSPS) is 35.8. The maximum Gasteiger partial charge on any atom is 0.152 e. The average Bonchev–Trinajstić information content (AvgIpc) is 2.30. The molecule has 3 heteroatoms. The lowest BCUT2D eigenvalue weighted by Gasteiger charge is -2.36. The maximum atomic E-state index is 12.4. The molecule has 0 spiro atoms. The van der Waals surface area contributed by atoms with Crippen molar-refractivity contribution < 1.29 is 9.53 Å². The summed E-state index contributed by atoms with van der Waals surface area (Å²) in [6.45, 7) is 3.83. The molecule has 3 nitrogen and oxygen atoms in total. The molecular weight excluding hydrogens is 214 g/mol. The first-order valence-electron chi connectivity index (χ1n) is 7.00. The molecule has 2 N–H and O–H groups in total. The van der Waals surface area contributed by atoms with Crippen LogP contribution in [0.5, 0.6) is 0 Å². The Labute approximate surface area is 104 Å². The predicted octanol–water partition coefficient (Wildman–Crippen LogP) is 2.28. The van der Waals surface area contributed by atoms with Gasteiger partial charge in [-0.15, -0.1) is 0 Å². The van der Waals surface area contributed by atoms with Gasteiger partial charge in [-0.25, -0.2) is 0 Å². The summed E-state index contributed by atoms with van der Waals surface area (Å²) in [4.78, 5) is 12.4. The Morgan fingerprint density at radius 2 is 2.06 bits per heavy atom. The minimum absolute atomic E-state index is 0.302. The van der Waals surface area contributed by atoms with Crippen LogP contribution >= 0.6 is 0 Å². The third-order valence-electron chi connectivity index (χ3n) is 4.40. The lowest BCUT2D eigenvalue weighted by atomic mass is 9.72. The molecule has 2 aliphatic rings. The van der Waals surface area contributed by atoms with Crippen molar-refractivity contribution in [3.05, 3.63) is 0 Å². The molecule has 1 saturated heterocycles. The summed E-state index contributed by atoms with van der Waals surface area (Å²) in [5.41, 5.74) is 5.81. The molecule has 2 rings (SSSR count). The molecule has 0 aromatic rings. The van der Waals surface area contributed by atoms with Gasteiger partial charge in [-0.2, -0.15) is 0 Å². The van der Waals surface area contributed by atoms with Gasteiger partial charge in [0, 0.05) is 19.6 Å². The topological polar surface area (TPSA) is 52.3 Å². The van der Waals surface area contributed by atoms with Gasteiger partial charge in [-0.3, -0.25) is 4.79 Å². The second-order valence-corrected chi connectivity index (χ2v) is 6.04. The first-order valence-corrected chi connectivity index (χ1v) is 7.00. The van der Waals surface area contributed by atoms with Crippen LogP contribution in [0.3, 0.4) is 0 Å². The Bertz CT molecular complexity index is 273. The number of ether oxygens (including phenoxy) is 1. The van der Waals surface area contributed by atoms with E-state index < -0.39 is 5.54 Å². The van der Waals surface area contributed by atoms with Crippen molar-refractivity contribution in [2.75, 3.05) is 13.2 Å². The summed E-state index contributed by atoms with van der Waals surface area (Å²) in [6.07, 6.45) is 6.83. The molecular formula is C14H25NO2. The fourth-order valence-electron chi connectivity index (χ4n) is 3.26. The SMILES string of the molecule is CC1CCCC(N)(C(=O)CC2CCOCC2)C1. The first-order chi connectivity index (χ1) is 8.10. The van der Waals surface area contributed by atoms with E-state index in [2.05, 4.69) is 6.92 Å². The van der Waals surface area contributed by atoms with E-state index in [1.54, 1.807) is 0 Å².